The van der Waals surface area contributed by atoms with E-state index < -0.39 is 0 Å². The summed E-state index contributed by atoms with van der Waals surface area (Å²) in [6, 6.07) is 11.1. The van der Waals surface area contributed by atoms with Crippen molar-refractivity contribution in [1.82, 2.24) is 10.6 Å². The van der Waals surface area contributed by atoms with E-state index in [1.54, 1.807) is 0 Å². The summed E-state index contributed by atoms with van der Waals surface area (Å²) in [6.45, 7) is 0.333. The van der Waals surface area contributed by atoms with Crippen LogP contribution in [0.2, 0.25) is 0 Å². The lowest BCUT2D eigenvalue weighted by molar-refractivity contribution is 0.129. The Morgan fingerprint density at radius 2 is 1.76 bits per heavy atom. The summed E-state index contributed by atoms with van der Waals surface area (Å²) in [7, 11) is 0. The minimum absolute atomic E-state index is 0.211. The lowest BCUT2D eigenvalue weighted by Crippen LogP contribution is -2.52. The van der Waals surface area contributed by atoms with Crippen molar-refractivity contribution in [2.24, 2.45) is 0 Å². The third-order valence-corrected chi connectivity index (χ3v) is 4.31. The molecular formula is C17H24N2O2. The molecule has 2 aliphatic carbocycles. The van der Waals surface area contributed by atoms with Crippen LogP contribution >= 0.6 is 0 Å². The summed E-state index contributed by atoms with van der Waals surface area (Å²) in [5.41, 5.74) is 1.02. The highest BCUT2D eigenvalue weighted by molar-refractivity contribution is 5.67. The molecule has 1 aromatic rings. The van der Waals surface area contributed by atoms with Crippen molar-refractivity contribution >= 4 is 6.09 Å². The second-order valence-electron chi connectivity index (χ2n) is 6.14. The highest BCUT2D eigenvalue weighted by atomic mass is 16.5. The van der Waals surface area contributed by atoms with Crippen molar-refractivity contribution < 1.29 is 9.53 Å². The quantitative estimate of drug-likeness (QED) is 0.876. The Morgan fingerprint density at radius 3 is 2.48 bits per heavy atom. The minimum Gasteiger partial charge on any atom is -0.445 e. The van der Waals surface area contributed by atoms with Crippen molar-refractivity contribution in [2.75, 3.05) is 0 Å². The zero-order valence-electron chi connectivity index (χ0n) is 12.4. The smallest absolute Gasteiger partial charge is 0.407 e. The number of rotatable bonds is 5. The molecule has 0 radical (unpaired) electrons. The van der Waals surface area contributed by atoms with Crippen LogP contribution < -0.4 is 10.6 Å². The van der Waals surface area contributed by atoms with E-state index in [0.717, 1.165) is 18.4 Å². The van der Waals surface area contributed by atoms with Crippen molar-refractivity contribution in [3.63, 3.8) is 0 Å². The van der Waals surface area contributed by atoms with E-state index in [0.29, 0.717) is 18.7 Å². The first-order valence-electron chi connectivity index (χ1n) is 8.04. The van der Waals surface area contributed by atoms with Gasteiger partial charge in [0, 0.05) is 18.1 Å². The second kappa shape index (κ2) is 6.94. The first-order chi connectivity index (χ1) is 10.3. The number of alkyl carbamates (subject to hydrolysis) is 1. The fourth-order valence-electron chi connectivity index (χ4n) is 2.97. The van der Waals surface area contributed by atoms with Gasteiger partial charge in [-0.05, 0) is 31.2 Å². The molecule has 0 bridgehead atoms. The molecule has 1 aromatic carbocycles. The molecule has 3 rings (SSSR count). The summed E-state index contributed by atoms with van der Waals surface area (Å²) in [5.74, 6) is 0. The van der Waals surface area contributed by atoms with Gasteiger partial charge < -0.3 is 15.4 Å². The molecule has 0 heterocycles. The second-order valence-corrected chi connectivity index (χ2v) is 6.14. The molecule has 0 spiro atoms. The Labute approximate surface area is 126 Å². The van der Waals surface area contributed by atoms with Crippen molar-refractivity contribution in [3.05, 3.63) is 35.9 Å². The average molecular weight is 288 g/mol. The van der Waals surface area contributed by atoms with Gasteiger partial charge in [-0.25, -0.2) is 4.79 Å². The molecule has 2 N–H and O–H groups in total. The monoisotopic (exact) mass is 288 g/mol. The maximum Gasteiger partial charge on any atom is 0.407 e. The number of nitrogens with one attached hydrogen (secondary N) is 2. The molecule has 2 saturated carbocycles. The van der Waals surface area contributed by atoms with Gasteiger partial charge in [-0.2, -0.15) is 0 Å². The van der Waals surface area contributed by atoms with Gasteiger partial charge in [0.25, 0.3) is 0 Å². The first kappa shape index (κ1) is 14.4. The Kier molecular flexibility index (Phi) is 4.76. The Hall–Kier alpha value is -1.55. The molecule has 2 aliphatic rings. The average Bonchev–Trinajstić information content (AvgIpc) is 3.32. The van der Waals surface area contributed by atoms with E-state index in [9.17, 15) is 4.79 Å². The highest BCUT2D eigenvalue weighted by Crippen LogP contribution is 2.25. The molecule has 114 valence electrons. The predicted octanol–water partition coefficient (Wildman–Crippen LogP) is 2.98. The van der Waals surface area contributed by atoms with Crippen LogP contribution in [0.1, 0.15) is 44.1 Å². The van der Waals surface area contributed by atoms with Crippen LogP contribution in [0.5, 0.6) is 0 Å². The third kappa shape index (κ3) is 4.46. The van der Waals surface area contributed by atoms with E-state index in [4.69, 9.17) is 4.74 Å². The molecular weight excluding hydrogens is 264 g/mol. The molecule has 1 amide bonds. The molecule has 4 nitrogen and oxygen atoms in total. The molecule has 0 aromatic heterocycles. The van der Waals surface area contributed by atoms with Crippen molar-refractivity contribution in [3.8, 4) is 0 Å². The van der Waals surface area contributed by atoms with Crippen LogP contribution in [0.25, 0.3) is 0 Å². The molecule has 21 heavy (non-hydrogen) atoms. The van der Waals surface area contributed by atoms with Crippen LogP contribution in [-0.2, 0) is 11.3 Å². The van der Waals surface area contributed by atoms with Gasteiger partial charge in [0.05, 0.1) is 0 Å². The van der Waals surface area contributed by atoms with Gasteiger partial charge in [0.15, 0.2) is 0 Å². The van der Waals surface area contributed by atoms with Crippen LogP contribution in [0.4, 0.5) is 4.79 Å². The zero-order chi connectivity index (χ0) is 14.5. The molecule has 0 aliphatic heterocycles. The van der Waals surface area contributed by atoms with E-state index in [1.165, 1.54) is 25.7 Å². The summed E-state index contributed by atoms with van der Waals surface area (Å²) >= 11 is 0. The van der Waals surface area contributed by atoms with Crippen molar-refractivity contribution in [2.45, 2.75) is 63.3 Å². The molecule has 2 unspecified atom stereocenters. The van der Waals surface area contributed by atoms with Crippen LogP contribution in [0.3, 0.4) is 0 Å². The largest absolute Gasteiger partial charge is 0.445 e. The van der Waals surface area contributed by atoms with Gasteiger partial charge in [-0.1, -0.05) is 43.2 Å². The topological polar surface area (TPSA) is 50.4 Å². The van der Waals surface area contributed by atoms with Gasteiger partial charge >= 0.3 is 6.09 Å². The lowest BCUT2D eigenvalue weighted by Gasteiger charge is -2.32. The van der Waals surface area contributed by atoms with Crippen LogP contribution in [0, 0.1) is 0 Å². The number of ether oxygens (including phenoxy) is 1. The number of hydrogen-bond donors (Lipinski definition) is 2. The van der Waals surface area contributed by atoms with Gasteiger partial charge in [-0.15, -0.1) is 0 Å². The predicted molar refractivity (Wildman–Crippen MR) is 82.0 cm³/mol. The number of carbonyl (C=O) groups is 1. The van der Waals surface area contributed by atoms with Crippen LogP contribution in [-0.4, -0.2) is 24.2 Å². The fraction of sp³-hybridized carbons (Fsp3) is 0.588. The molecule has 2 fully saturated rings. The maximum atomic E-state index is 12.0. The molecule has 2 atom stereocenters. The third-order valence-electron chi connectivity index (χ3n) is 4.31. The first-order valence-corrected chi connectivity index (χ1v) is 8.04. The summed E-state index contributed by atoms with van der Waals surface area (Å²) < 4.78 is 5.32. The van der Waals surface area contributed by atoms with E-state index in [-0.39, 0.29) is 12.1 Å². The normalized spacial score (nSPS) is 25.3. The van der Waals surface area contributed by atoms with E-state index in [2.05, 4.69) is 10.6 Å². The van der Waals surface area contributed by atoms with E-state index in [1.807, 2.05) is 30.3 Å². The lowest BCUT2D eigenvalue weighted by atomic mass is 9.90. The zero-order valence-corrected chi connectivity index (χ0v) is 12.4. The minimum atomic E-state index is -0.298. The van der Waals surface area contributed by atoms with Gasteiger partial charge in [-0.3, -0.25) is 0 Å². The van der Waals surface area contributed by atoms with Gasteiger partial charge in [0.2, 0.25) is 0 Å². The maximum absolute atomic E-state index is 12.0. The fourth-order valence-corrected chi connectivity index (χ4v) is 2.97. The highest BCUT2D eigenvalue weighted by Gasteiger charge is 2.31. The number of amides is 1. The Balaban J connectivity index is 1.45. The number of benzene rings is 1. The standard InChI is InChI=1S/C17H24N2O2/c20-17(21-12-13-6-2-1-3-7-13)19-16-9-5-4-8-15(16)18-14-10-11-14/h1-3,6-7,14-16,18H,4-5,8-12H2,(H,19,20). The number of carbonyl (C=O) groups excluding carboxylic acids is 1. The van der Waals surface area contributed by atoms with E-state index >= 15 is 0 Å². The van der Waals surface area contributed by atoms with Gasteiger partial charge in [0.1, 0.15) is 6.61 Å². The number of hydrogen-bond acceptors (Lipinski definition) is 3. The summed E-state index contributed by atoms with van der Waals surface area (Å²) in [4.78, 5) is 12.0. The molecule has 4 heteroatoms. The Morgan fingerprint density at radius 1 is 1.05 bits per heavy atom. The summed E-state index contributed by atoms with van der Waals surface area (Å²) in [5, 5.41) is 6.70. The Bertz CT molecular complexity index is 459. The summed E-state index contributed by atoms with van der Waals surface area (Å²) in [6.07, 6.45) is 6.90. The van der Waals surface area contributed by atoms with Crippen molar-refractivity contribution in [1.29, 1.82) is 0 Å². The van der Waals surface area contributed by atoms with Crippen LogP contribution in [0.15, 0.2) is 30.3 Å². The molecule has 0 saturated heterocycles. The SMILES string of the molecule is O=C(NC1CCCCC1NC1CC1)OCc1ccccc1.